The lowest BCUT2D eigenvalue weighted by Gasteiger charge is -2.08. The summed E-state index contributed by atoms with van der Waals surface area (Å²) >= 11 is 0. The van der Waals surface area contributed by atoms with E-state index in [1.165, 1.54) is 0 Å². The minimum atomic E-state index is -1.82. The Morgan fingerprint density at radius 1 is 1.67 bits per heavy atom. The molecule has 0 aliphatic rings. The molecule has 0 aliphatic carbocycles. The Hall–Kier alpha value is -0.0700. The zero-order valence-electron chi connectivity index (χ0n) is 8.01. The molecule has 0 spiro atoms. The summed E-state index contributed by atoms with van der Waals surface area (Å²) in [6.45, 7) is 8.27. The van der Waals surface area contributed by atoms with Crippen LogP contribution >= 0.6 is 8.03 Å². The van der Waals surface area contributed by atoms with Gasteiger partial charge in [0, 0.05) is 5.66 Å². The van der Waals surface area contributed by atoms with Crippen LogP contribution in [0.1, 0.15) is 33.1 Å². The zero-order chi connectivity index (χ0) is 9.40. The van der Waals surface area contributed by atoms with Crippen molar-refractivity contribution in [2.75, 3.05) is 6.61 Å². The molecule has 0 saturated carbocycles. The Morgan fingerprint density at radius 2 is 2.33 bits per heavy atom. The average Bonchev–Trinajstić information content (AvgIpc) is 2.05. The fourth-order valence-corrected chi connectivity index (χ4v) is 1.79. The van der Waals surface area contributed by atoms with Gasteiger partial charge in [-0.2, -0.15) is 0 Å². The van der Waals surface area contributed by atoms with Crippen molar-refractivity contribution < 1.29 is 9.09 Å². The number of unbranched alkanes of at least 4 members (excludes halogenated alkanes) is 1. The van der Waals surface area contributed by atoms with E-state index in [0.717, 1.165) is 19.3 Å². The van der Waals surface area contributed by atoms with Crippen LogP contribution in [-0.4, -0.2) is 12.3 Å². The summed E-state index contributed by atoms with van der Waals surface area (Å²) in [5.74, 6) is 0. The molecule has 3 heteroatoms. The quantitative estimate of drug-likeness (QED) is 0.350. The molecular formula is C9H19O2P. The molecule has 0 rings (SSSR count). The summed E-state index contributed by atoms with van der Waals surface area (Å²) in [6.07, 6.45) is 4.66. The van der Waals surface area contributed by atoms with Gasteiger partial charge in [0.25, 0.3) is 0 Å². The lowest BCUT2D eigenvalue weighted by molar-refractivity contribution is 0.316. The third-order valence-corrected chi connectivity index (χ3v) is 3.19. The predicted octanol–water partition coefficient (Wildman–Crippen LogP) is 3.24. The monoisotopic (exact) mass is 190 g/mol. The summed E-state index contributed by atoms with van der Waals surface area (Å²) in [5.41, 5.74) is 0.143. The van der Waals surface area contributed by atoms with E-state index >= 15 is 0 Å². The average molecular weight is 190 g/mol. The molecular weight excluding hydrogens is 171 g/mol. The van der Waals surface area contributed by atoms with Crippen molar-refractivity contribution >= 4 is 8.03 Å². The maximum absolute atomic E-state index is 11.3. The molecule has 72 valence electrons. The highest BCUT2D eigenvalue weighted by Crippen LogP contribution is 2.31. The topological polar surface area (TPSA) is 26.3 Å². The number of hydrogen-bond acceptors (Lipinski definition) is 2. The van der Waals surface area contributed by atoms with Gasteiger partial charge in [-0.25, -0.2) is 0 Å². The Bertz CT molecular complexity index is 145. The molecule has 2 atom stereocenters. The van der Waals surface area contributed by atoms with Gasteiger partial charge in [-0.05, 0) is 12.8 Å². The molecule has 0 aromatic carbocycles. The lowest BCUT2D eigenvalue weighted by Crippen LogP contribution is -1.96. The molecule has 0 aliphatic heterocycles. The Morgan fingerprint density at radius 3 is 2.83 bits per heavy atom. The summed E-state index contributed by atoms with van der Waals surface area (Å²) in [5, 5.41) is 0. The first-order chi connectivity index (χ1) is 5.72. The van der Waals surface area contributed by atoms with E-state index in [1.807, 2.05) is 6.92 Å². The number of hydrogen-bond donors (Lipinski definition) is 0. The van der Waals surface area contributed by atoms with Gasteiger partial charge in [-0.15, -0.1) is 6.58 Å². The first-order valence-corrected chi connectivity index (χ1v) is 5.89. The van der Waals surface area contributed by atoms with E-state index in [0.29, 0.717) is 6.61 Å². The van der Waals surface area contributed by atoms with Gasteiger partial charge in [0.15, 0.2) is 8.03 Å². The SMILES string of the molecule is C=CCC(C)[PH](=O)OCCCC. The van der Waals surface area contributed by atoms with Crippen LogP contribution in [0.25, 0.3) is 0 Å². The minimum absolute atomic E-state index is 0.143. The highest BCUT2D eigenvalue weighted by Gasteiger charge is 2.08. The highest BCUT2D eigenvalue weighted by atomic mass is 31.1. The molecule has 0 aromatic rings. The number of allylic oxidation sites excluding steroid dienone is 1. The van der Waals surface area contributed by atoms with Crippen molar-refractivity contribution in [3.8, 4) is 0 Å². The lowest BCUT2D eigenvalue weighted by atomic mass is 10.3. The Kier molecular flexibility index (Phi) is 7.53. The molecule has 12 heavy (non-hydrogen) atoms. The van der Waals surface area contributed by atoms with E-state index in [2.05, 4.69) is 13.5 Å². The fourth-order valence-electron chi connectivity index (χ4n) is 0.806. The van der Waals surface area contributed by atoms with E-state index in [4.69, 9.17) is 4.52 Å². The van der Waals surface area contributed by atoms with Gasteiger partial charge in [0.1, 0.15) is 0 Å². The fraction of sp³-hybridized carbons (Fsp3) is 0.778. The molecule has 2 unspecified atom stereocenters. The van der Waals surface area contributed by atoms with Crippen molar-refractivity contribution in [3.63, 3.8) is 0 Å². The van der Waals surface area contributed by atoms with Gasteiger partial charge in [0.05, 0.1) is 6.61 Å². The van der Waals surface area contributed by atoms with E-state index in [-0.39, 0.29) is 5.66 Å². The van der Waals surface area contributed by atoms with Crippen molar-refractivity contribution in [2.45, 2.75) is 38.8 Å². The van der Waals surface area contributed by atoms with Crippen LogP contribution in [0.5, 0.6) is 0 Å². The minimum Gasteiger partial charge on any atom is -0.330 e. The van der Waals surface area contributed by atoms with Crippen LogP contribution in [0.15, 0.2) is 12.7 Å². The third-order valence-electron chi connectivity index (χ3n) is 1.66. The Balaban J connectivity index is 3.49. The zero-order valence-corrected chi connectivity index (χ0v) is 9.01. The van der Waals surface area contributed by atoms with Gasteiger partial charge in [-0.3, -0.25) is 4.57 Å². The van der Waals surface area contributed by atoms with Gasteiger partial charge >= 0.3 is 0 Å². The molecule has 0 saturated heterocycles. The van der Waals surface area contributed by atoms with Crippen LogP contribution in [0, 0.1) is 0 Å². The molecule has 0 aromatic heterocycles. The summed E-state index contributed by atoms with van der Waals surface area (Å²) in [6, 6.07) is 0. The van der Waals surface area contributed by atoms with E-state index in [9.17, 15) is 4.57 Å². The van der Waals surface area contributed by atoms with Gasteiger partial charge in [-0.1, -0.05) is 26.3 Å². The maximum Gasteiger partial charge on any atom is 0.194 e. The highest BCUT2D eigenvalue weighted by molar-refractivity contribution is 7.40. The first kappa shape index (κ1) is 11.9. The summed E-state index contributed by atoms with van der Waals surface area (Å²) in [7, 11) is -1.82. The van der Waals surface area contributed by atoms with E-state index in [1.54, 1.807) is 6.08 Å². The van der Waals surface area contributed by atoms with Crippen LogP contribution < -0.4 is 0 Å². The second-order valence-electron chi connectivity index (χ2n) is 2.95. The van der Waals surface area contributed by atoms with Crippen LogP contribution in [0.3, 0.4) is 0 Å². The van der Waals surface area contributed by atoms with Gasteiger partial charge in [0.2, 0.25) is 0 Å². The standard InChI is InChI=1S/C9H19O2P/c1-4-6-8-11-12(10)9(3)7-5-2/h5,9,12H,2,4,6-8H2,1,3H3. The van der Waals surface area contributed by atoms with Crippen molar-refractivity contribution in [3.05, 3.63) is 12.7 Å². The molecule has 0 N–H and O–H groups in total. The molecule has 0 amide bonds. The molecule has 2 nitrogen and oxygen atoms in total. The maximum atomic E-state index is 11.3. The van der Waals surface area contributed by atoms with Crippen LogP contribution in [0.4, 0.5) is 0 Å². The van der Waals surface area contributed by atoms with Crippen molar-refractivity contribution in [1.29, 1.82) is 0 Å². The third kappa shape index (κ3) is 5.56. The molecule has 0 radical (unpaired) electrons. The number of rotatable bonds is 7. The van der Waals surface area contributed by atoms with Crippen molar-refractivity contribution in [1.82, 2.24) is 0 Å². The van der Waals surface area contributed by atoms with Crippen LogP contribution in [-0.2, 0) is 9.09 Å². The normalized spacial score (nSPS) is 15.5. The summed E-state index contributed by atoms with van der Waals surface area (Å²) in [4.78, 5) is 0. The van der Waals surface area contributed by atoms with Gasteiger partial charge < -0.3 is 4.52 Å². The smallest absolute Gasteiger partial charge is 0.194 e. The molecule has 0 fully saturated rings. The van der Waals surface area contributed by atoms with Crippen molar-refractivity contribution in [2.24, 2.45) is 0 Å². The Labute approximate surface area is 75.9 Å². The van der Waals surface area contributed by atoms with E-state index < -0.39 is 8.03 Å². The summed E-state index contributed by atoms with van der Waals surface area (Å²) < 4.78 is 16.5. The molecule has 0 bridgehead atoms. The second-order valence-corrected chi connectivity index (χ2v) is 4.86. The molecule has 0 heterocycles. The second kappa shape index (κ2) is 7.57. The van der Waals surface area contributed by atoms with Crippen LogP contribution in [0.2, 0.25) is 0 Å². The predicted molar refractivity (Wildman–Crippen MR) is 54.1 cm³/mol. The largest absolute Gasteiger partial charge is 0.330 e. The first-order valence-electron chi connectivity index (χ1n) is 4.49.